The van der Waals surface area contributed by atoms with Crippen molar-refractivity contribution in [3.8, 4) is 11.1 Å². The summed E-state index contributed by atoms with van der Waals surface area (Å²) in [4.78, 5) is 0. The SMILES string of the molecule is CC(C)c1ccc(-c2cnn(CI)c2)cc1N. The number of anilines is 1. The Labute approximate surface area is 115 Å². The molecule has 2 rings (SSSR count). The van der Waals surface area contributed by atoms with E-state index in [9.17, 15) is 0 Å². The van der Waals surface area contributed by atoms with E-state index < -0.39 is 0 Å². The van der Waals surface area contributed by atoms with Gasteiger partial charge in [0.2, 0.25) is 0 Å². The second-order valence-corrected chi connectivity index (χ2v) is 5.07. The Kier molecular flexibility index (Phi) is 3.71. The largest absolute Gasteiger partial charge is 0.398 e. The number of rotatable bonds is 3. The molecule has 2 aromatic rings. The van der Waals surface area contributed by atoms with Crippen molar-refractivity contribution in [2.45, 2.75) is 24.3 Å². The van der Waals surface area contributed by atoms with E-state index in [1.165, 1.54) is 5.56 Å². The fourth-order valence-electron chi connectivity index (χ4n) is 1.86. The second kappa shape index (κ2) is 5.08. The van der Waals surface area contributed by atoms with E-state index in [-0.39, 0.29) is 0 Å². The van der Waals surface area contributed by atoms with Gasteiger partial charge in [-0.15, -0.1) is 0 Å². The van der Waals surface area contributed by atoms with Crippen molar-refractivity contribution < 1.29 is 0 Å². The van der Waals surface area contributed by atoms with Crippen LogP contribution in [0.1, 0.15) is 25.3 Å². The number of nitrogen functional groups attached to an aromatic ring is 1. The van der Waals surface area contributed by atoms with Gasteiger partial charge in [0.1, 0.15) is 0 Å². The highest BCUT2D eigenvalue weighted by Crippen LogP contribution is 2.27. The highest BCUT2D eigenvalue weighted by atomic mass is 127. The third kappa shape index (κ3) is 2.62. The van der Waals surface area contributed by atoms with E-state index in [0.717, 1.165) is 21.4 Å². The molecule has 1 heterocycles. The molecule has 0 saturated heterocycles. The minimum atomic E-state index is 0.459. The molecular formula is C13H16IN3. The van der Waals surface area contributed by atoms with Gasteiger partial charge in [-0.2, -0.15) is 5.10 Å². The van der Waals surface area contributed by atoms with Crippen LogP contribution in [-0.4, -0.2) is 9.78 Å². The number of benzene rings is 1. The summed E-state index contributed by atoms with van der Waals surface area (Å²) in [6.45, 7) is 4.30. The highest BCUT2D eigenvalue weighted by Gasteiger charge is 2.07. The standard InChI is InChI=1S/C13H16IN3/c1-9(2)12-4-3-10(5-13(12)15)11-6-16-17(7-11)8-14/h3-7,9H,8,15H2,1-2H3. The number of nitrogens with two attached hydrogens (primary N) is 1. The Bertz CT molecular complexity index is 517. The normalized spacial score (nSPS) is 11.1. The van der Waals surface area contributed by atoms with E-state index >= 15 is 0 Å². The van der Waals surface area contributed by atoms with Gasteiger partial charge in [-0.3, -0.25) is 4.68 Å². The Morgan fingerprint density at radius 1 is 1.35 bits per heavy atom. The molecule has 0 spiro atoms. The molecule has 2 N–H and O–H groups in total. The first-order valence-corrected chi connectivity index (χ1v) is 7.12. The van der Waals surface area contributed by atoms with Gasteiger partial charge in [0.15, 0.2) is 0 Å². The predicted molar refractivity (Wildman–Crippen MR) is 80.2 cm³/mol. The molecule has 0 saturated carbocycles. The fraction of sp³-hybridized carbons (Fsp3) is 0.308. The van der Waals surface area contributed by atoms with Crippen LogP contribution in [0.2, 0.25) is 0 Å². The summed E-state index contributed by atoms with van der Waals surface area (Å²) in [5, 5.41) is 4.27. The summed E-state index contributed by atoms with van der Waals surface area (Å²) in [5.74, 6) is 0.459. The van der Waals surface area contributed by atoms with Crippen molar-refractivity contribution in [3.05, 3.63) is 36.2 Å². The molecule has 0 unspecified atom stereocenters. The smallest absolute Gasteiger partial charge is 0.0924 e. The van der Waals surface area contributed by atoms with Crippen LogP contribution in [0.3, 0.4) is 0 Å². The first-order valence-electron chi connectivity index (χ1n) is 5.60. The zero-order chi connectivity index (χ0) is 12.4. The average molecular weight is 341 g/mol. The summed E-state index contributed by atoms with van der Waals surface area (Å²) in [5.41, 5.74) is 10.4. The quantitative estimate of drug-likeness (QED) is 0.526. The number of nitrogens with zero attached hydrogens (tertiary/aromatic N) is 2. The average Bonchev–Trinajstić information content (AvgIpc) is 2.76. The predicted octanol–water partition coefficient (Wildman–Crippen LogP) is 3.65. The van der Waals surface area contributed by atoms with Crippen LogP contribution < -0.4 is 5.73 Å². The molecule has 3 nitrogen and oxygen atoms in total. The molecule has 0 aliphatic rings. The lowest BCUT2D eigenvalue weighted by molar-refractivity contribution is 0.768. The van der Waals surface area contributed by atoms with Gasteiger partial charge in [-0.25, -0.2) is 0 Å². The summed E-state index contributed by atoms with van der Waals surface area (Å²) in [7, 11) is 0. The number of hydrogen-bond donors (Lipinski definition) is 1. The van der Waals surface area contributed by atoms with Gasteiger partial charge in [-0.05, 0) is 23.1 Å². The lowest BCUT2D eigenvalue weighted by Crippen LogP contribution is -1.96. The third-order valence-electron chi connectivity index (χ3n) is 2.80. The molecular weight excluding hydrogens is 325 g/mol. The maximum Gasteiger partial charge on any atom is 0.0924 e. The van der Waals surface area contributed by atoms with Crippen molar-refractivity contribution >= 4 is 28.3 Å². The zero-order valence-electron chi connectivity index (χ0n) is 10.0. The zero-order valence-corrected chi connectivity index (χ0v) is 12.2. The van der Waals surface area contributed by atoms with E-state index in [2.05, 4.69) is 53.7 Å². The van der Waals surface area contributed by atoms with Gasteiger partial charge in [0, 0.05) is 17.4 Å². The minimum Gasteiger partial charge on any atom is -0.398 e. The van der Waals surface area contributed by atoms with E-state index in [1.54, 1.807) is 0 Å². The Morgan fingerprint density at radius 2 is 2.12 bits per heavy atom. The molecule has 0 bridgehead atoms. The molecule has 90 valence electrons. The lowest BCUT2D eigenvalue weighted by atomic mass is 9.98. The summed E-state index contributed by atoms with van der Waals surface area (Å²) < 4.78 is 2.76. The molecule has 0 fully saturated rings. The maximum absolute atomic E-state index is 6.07. The monoisotopic (exact) mass is 341 g/mol. The van der Waals surface area contributed by atoms with Crippen LogP contribution in [0.4, 0.5) is 5.69 Å². The van der Waals surface area contributed by atoms with Gasteiger partial charge in [-0.1, -0.05) is 48.6 Å². The summed E-state index contributed by atoms with van der Waals surface area (Å²) >= 11 is 2.28. The van der Waals surface area contributed by atoms with Crippen molar-refractivity contribution in [1.29, 1.82) is 0 Å². The van der Waals surface area contributed by atoms with Crippen LogP contribution in [0.25, 0.3) is 11.1 Å². The molecule has 0 aliphatic carbocycles. The Hall–Kier alpha value is -1.04. The summed E-state index contributed by atoms with van der Waals surface area (Å²) in [6.07, 6.45) is 3.92. The topological polar surface area (TPSA) is 43.8 Å². The third-order valence-corrected chi connectivity index (χ3v) is 3.50. The molecule has 4 heteroatoms. The lowest BCUT2D eigenvalue weighted by Gasteiger charge is -2.10. The maximum atomic E-state index is 6.07. The minimum absolute atomic E-state index is 0.459. The van der Waals surface area contributed by atoms with E-state index in [1.807, 2.05) is 23.1 Å². The van der Waals surface area contributed by atoms with Gasteiger partial charge < -0.3 is 5.73 Å². The van der Waals surface area contributed by atoms with Crippen molar-refractivity contribution in [1.82, 2.24) is 9.78 Å². The first kappa shape index (κ1) is 12.4. The van der Waals surface area contributed by atoms with Crippen molar-refractivity contribution in [3.63, 3.8) is 0 Å². The van der Waals surface area contributed by atoms with Gasteiger partial charge >= 0.3 is 0 Å². The molecule has 0 aliphatic heterocycles. The first-order chi connectivity index (χ1) is 8.11. The number of halogens is 1. The van der Waals surface area contributed by atoms with Crippen LogP contribution >= 0.6 is 22.6 Å². The number of alkyl halides is 1. The van der Waals surface area contributed by atoms with E-state index in [0.29, 0.717) is 5.92 Å². The van der Waals surface area contributed by atoms with E-state index in [4.69, 9.17) is 5.73 Å². The van der Waals surface area contributed by atoms with Gasteiger partial charge in [0.05, 0.1) is 10.7 Å². The van der Waals surface area contributed by atoms with Crippen molar-refractivity contribution in [2.75, 3.05) is 5.73 Å². The highest BCUT2D eigenvalue weighted by molar-refractivity contribution is 14.1. The second-order valence-electron chi connectivity index (χ2n) is 4.39. The van der Waals surface area contributed by atoms with Crippen LogP contribution in [0.15, 0.2) is 30.6 Å². The molecule has 1 aromatic carbocycles. The van der Waals surface area contributed by atoms with Crippen molar-refractivity contribution in [2.24, 2.45) is 0 Å². The summed E-state index contributed by atoms with van der Waals surface area (Å²) in [6, 6.07) is 6.25. The Balaban J connectivity index is 2.37. The molecule has 0 atom stereocenters. The van der Waals surface area contributed by atoms with Crippen LogP contribution in [0.5, 0.6) is 0 Å². The fourth-order valence-corrected chi connectivity index (χ4v) is 2.23. The number of aromatic nitrogens is 2. The molecule has 17 heavy (non-hydrogen) atoms. The van der Waals surface area contributed by atoms with Crippen LogP contribution in [-0.2, 0) is 4.55 Å². The Morgan fingerprint density at radius 3 is 2.65 bits per heavy atom. The molecule has 1 aromatic heterocycles. The number of hydrogen-bond acceptors (Lipinski definition) is 2. The molecule has 0 amide bonds. The van der Waals surface area contributed by atoms with Crippen LogP contribution in [0, 0.1) is 0 Å². The molecule has 0 radical (unpaired) electrons. The van der Waals surface area contributed by atoms with Gasteiger partial charge in [0.25, 0.3) is 0 Å².